The van der Waals surface area contributed by atoms with E-state index in [-0.39, 0.29) is 42.3 Å². The van der Waals surface area contributed by atoms with Crippen molar-refractivity contribution < 1.29 is 23.9 Å². The molecule has 0 bridgehead atoms. The van der Waals surface area contributed by atoms with Crippen LogP contribution in [0.3, 0.4) is 0 Å². The largest absolute Gasteiger partial charge is 0.478 e. The Labute approximate surface area is 140 Å². The van der Waals surface area contributed by atoms with Crippen LogP contribution >= 0.6 is 0 Å². The minimum Gasteiger partial charge on any atom is -0.478 e. The Hall–Kier alpha value is -2.31. The minimum atomic E-state index is -1.06. The molecule has 0 spiro atoms. The van der Waals surface area contributed by atoms with Crippen molar-refractivity contribution in [3.05, 3.63) is 23.2 Å². The first-order valence-corrected chi connectivity index (χ1v) is 8.26. The lowest BCUT2D eigenvalue weighted by molar-refractivity contribution is -0.126. The van der Waals surface area contributed by atoms with Crippen LogP contribution in [0.15, 0.2) is 10.5 Å². The number of aromatic carboxylic acids is 1. The van der Waals surface area contributed by atoms with E-state index in [1.165, 1.54) is 6.07 Å². The Bertz CT molecular complexity index is 616. The highest BCUT2D eigenvalue weighted by molar-refractivity contribution is 5.88. The molecule has 0 aliphatic heterocycles. The molecular weight excluding hydrogens is 312 g/mol. The average molecular weight is 336 g/mol. The molecule has 0 saturated heterocycles. The first-order chi connectivity index (χ1) is 11.4. The number of furan rings is 1. The standard InChI is InChI=1S/C17H24N2O5/c1-10(19-16(21)12-5-3-4-6-12)7-15(20)18-9-13-8-14(17(22)23)11(2)24-13/h8,10,12H,3-7,9H2,1-2H3,(H,18,20)(H,19,21)(H,22,23). The van der Waals surface area contributed by atoms with Gasteiger partial charge in [0.25, 0.3) is 0 Å². The smallest absolute Gasteiger partial charge is 0.339 e. The van der Waals surface area contributed by atoms with E-state index in [9.17, 15) is 14.4 Å². The third-order valence-electron chi connectivity index (χ3n) is 4.27. The van der Waals surface area contributed by atoms with Gasteiger partial charge in [0.15, 0.2) is 0 Å². The number of carbonyl (C=O) groups excluding carboxylic acids is 2. The van der Waals surface area contributed by atoms with Crippen molar-refractivity contribution in [3.8, 4) is 0 Å². The summed E-state index contributed by atoms with van der Waals surface area (Å²) < 4.78 is 5.30. The van der Waals surface area contributed by atoms with Gasteiger partial charge in [-0.3, -0.25) is 9.59 Å². The van der Waals surface area contributed by atoms with Crippen LogP contribution in [-0.2, 0) is 16.1 Å². The van der Waals surface area contributed by atoms with Crippen molar-refractivity contribution in [3.63, 3.8) is 0 Å². The van der Waals surface area contributed by atoms with E-state index in [1.807, 2.05) is 0 Å². The van der Waals surface area contributed by atoms with Gasteiger partial charge in [0.05, 0.1) is 6.54 Å². The van der Waals surface area contributed by atoms with Crippen molar-refractivity contribution in [2.24, 2.45) is 5.92 Å². The molecule has 1 fully saturated rings. The molecule has 0 aromatic carbocycles. The number of carboxylic acids is 1. The topological polar surface area (TPSA) is 109 Å². The molecule has 24 heavy (non-hydrogen) atoms. The van der Waals surface area contributed by atoms with Gasteiger partial charge < -0.3 is 20.2 Å². The zero-order valence-corrected chi connectivity index (χ0v) is 14.1. The number of amides is 2. The lowest BCUT2D eigenvalue weighted by Crippen LogP contribution is -2.39. The molecule has 7 nitrogen and oxygen atoms in total. The summed E-state index contributed by atoms with van der Waals surface area (Å²) in [6.07, 6.45) is 4.20. The molecule has 0 radical (unpaired) electrons. The SMILES string of the molecule is Cc1oc(CNC(=O)CC(C)NC(=O)C2CCCC2)cc1C(=O)O. The Morgan fingerprint density at radius 3 is 2.58 bits per heavy atom. The Morgan fingerprint density at radius 2 is 2.00 bits per heavy atom. The lowest BCUT2D eigenvalue weighted by Gasteiger charge is -2.16. The van der Waals surface area contributed by atoms with Crippen LogP contribution in [0.25, 0.3) is 0 Å². The first-order valence-electron chi connectivity index (χ1n) is 8.26. The van der Waals surface area contributed by atoms with Crippen LogP contribution in [0.1, 0.15) is 60.9 Å². The Kier molecular flexibility index (Phi) is 6.00. The number of carbonyl (C=O) groups is 3. The van der Waals surface area contributed by atoms with Gasteiger partial charge in [0.2, 0.25) is 11.8 Å². The Morgan fingerprint density at radius 1 is 1.33 bits per heavy atom. The molecule has 7 heteroatoms. The molecule has 1 unspecified atom stereocenters. The van der Waals surface area contributed by atoms with Gasteiger partial charge in [0, 0.05) is 18.4 Å². The minimum absolute atomic E-state index is 0.0283. The Balaban J connectivity index is 1.75. The maximum absolute atomic E-state index is 12.0. The van der Waals surface area contributed by atoms with Crippen molar-refractivity contribution in [2.45, 2.75) is 58.5 Å². The molecule has 2 amide bonds. The fourth-order valence-electron chi connectivity index (χ4n) is 2.98. The fourth-order valence-corrected chi connectivity index (χ4v) is 2.98. The summed E-state index contributed by atoms with van der Waals surface area (Å²) in [5.74, 6) is -0.473. The molecule has 1 saturated carbocycles. The highest BCUT2D eigenvalue weighted by Gasteiger charge is 2.24. The summed E-state index contributed by atoms with van der Waals surface area (Å²) >= 11 is 0. The van der Waals surface area contributed by atoms with Gasteiger partial charge in [-0.15, -0.1) is 0 Å². The van der Waals surface area contributed by atoms with E-state index in [4.69, 9.17) is 9.52 Å². The molecule has 1 atom stereocenters. The van der Waals surface area contributed by atoms with Crippen LogP contribution < -0.4 is 10.6 Å². The molecule has 2 rings (SSSR count). The van der Waals surface area contributed by atoms with Gasteiger partial charge in [-0.2, -0.15) is 0 Å². The average Bonchev–Trinajstić information content (AvgIpc) is 3.14. The van der Waals surface area contributed by atoms with E-state index in [1.54, 1.807) is 13.8 Å². The molecule has 1 aromatic rings. The van der Waals surface area contributed by atoms with Gasteiger partial charge in [-0.05, 0) is 32.8 Å². The van der Waals surface area contributed by atoms with Crippen LogP contribution in [0.2, 0.25) is 0 Å². The normalized spacial score (nSPS) is 15.9. The summed E-state index contributed by atoms with van der Waals surface area (Å²) in [5, 5.41) is 14.5. The number of aryl methyl sites for hydroxylation is 1. The monoisotopic (exact) mass is 336 g/mol. The number of rotatable bonds is 7. The summed E-state index contributed by atoms with van der Waals surface area (Å²) in [7, 11) is 0. The van der Waals surface area contributed by atoms with Crippen molar-refractivity contribution >= 4 is 17.8 Å². The zero-order valence-electron chi connectivity index (χ0n) is 14.1. The van der Waals surface area contributed by atoms with Gasteiger partial charge in [-0.25, -0.2) is 4.79 Å². The maximum Gasteiger partial charge on any atom is 0.339 e. The second-order valence-electron chi connectivity index (χ2n) is 6.36. The van der Waals surface area contributed by atoms with Gasteiger partial charge in [-0.1, -0.05) is 12.8 Å². The highest BCUT2D eigenvalue weighted by Crippen LogP contribution is 2.24. The third-order valence-corrected chi connectivity index (χ3v) is 4.27. The predicted molar refractivity (Wildman–Crippen MR) is 86.4 cm³/mol. The van der Waals surface area contributed by atoms with Gasteiger partial charge >= 0.3 is 5.97 Å². The molecule has 1 heterocycles. The van der Waals surface area contributed by atoms with Crippen molar-refractivity contribution in [1.29, 1.82) is 0 Å². The molecule has 3 N–H and O–H groups in total. The van der Waals surface area contributed by atoms with Crippen LogP contribution in [0.4, 0.5) is 0 Å². The van der Waals surface area contributed by atoms with Crippen LogP contribution in [-0.4, -0.2) is 28.9 Å². The van der Waals surface area contributed by atoms with E-state index in [0.29, 0.717) is 11.5 Å². The summed E-state index contributed by atoms with van der Waals surface area (Å²) in [5.41, 5.74) is 0.0939. The maximum atomic E-state index is 12.0. The van der Waals surface area contributed by atoms with Crippen molar-refractivity contribution in [2.75, 3.05) is 0 Å². The zero-order chi connectivity index (χ0) is 17.7. The molecule has 1 aliphatic carbocycles. The number of hydrogen-bond acceptors (Lipinski definition) is 4. The van der Waals surface area contributed by atoms with Crippen molar-refractivity contribution in [1.82, 2.24) is 10.6 Å². The lowest BCUT2D eigenvalue weighted by atomic mass is 10.1. The molecule has 132 valence electrons. The predicted octanol–water partition coefficient (Wildman–Crippen LogP) is 1.99. The highest BCUT2D eigenvalue weighted by atomic mass is 16.4. The third kappa shape index (κ3) is 4.84. The van der Waals surface area contributed by atoms with Crippen LogP contribution in [0.5, 0.6) is 0 Å². The van der Waals surface area contributed by atoms with Crippen LogP contribution in [0, 0.1) is 12.8 Å². The molecular formula is C17H24N2O5. The van der Waals surface area contributed by atoms with Gasteiger partial charge in [0.1, 0.15) is 17.1 Å². The summed E-state index contributed by atoms with van der Waals surface area (Å²) in [4.78, 5) is 34.9. The summed E-state index contributed by atoms with van der Waals surface area (Å²) in [6.45, 7) is 3.48. The second-order valence-corrected chi connectivity index (χ2v) is 6.36. The van der Waals surface area contributed by atoms with E-state index in [0.717, 1.165) is 25.7 Å². The van der Waals surface area contributed by atoms with E-state index >= 15 is 0 Å². The van der Waals surface area contributed by atoms with E-state index in [2.05, 4.69) is 10.6 Å². The quantitative estimate of drug-likeness (QED) is 0.705. The fraction of sp³-hybridized carbons (Fsp3) is 0.588. The second kappa shape index (κ2) is 7.99. The number of carboxylic acid groups (broad SMARTS) is 1. The summed E-state index contributed by atoms with van der Waals surface area (Å²) in [6, 6.07) is 1.16. The number of hydrogen-bond donors (Lipinski definition) is 3. The molecule has 1 aromatic heterocycles. The van der Waals surface area contributed by atoms with E-state index < -0.39 is 5.97 Å². The molecule has 1 aliphatic rings. The first kappa shape index (κ1) is 18.0. The number of nitrogens with one attached hydrogen (secondary N) is 2.